The maximum atomic E-state index is 12.3. The van der Waals surface area contributed by atoms with Crippen molar-refractivity contribution in [1.82, 2.24) is 29.7 Å². The van der Waals surface area contributed by atoms with Gasteiger partial charge in [-0.3, -0.25) is 9.88 Å². The van der Waals surface area contributed by atoms with E-state index >= 15 is 0 Å². The molecule has 1 saturated heterocycles. The molecule has 0 saturated carbocycles. The van der Waals surface area contributed by atoms with Gasteiger partial charge in [0.15, 0.2) is 0 Å². The zero-order valence-electron chi connectivity index (χ0n) is 22.4. The van der Waals surface area contributed by atoms with Crippen LogP contribution in [-0.4, -0.2) is 74.7 Å². The highest BCUT2D eigenvalue weighted by Crippen LogP contribution is 2.29. The molecule has 0 bridgehead atoms. The highest BCUT2D eigenvalue weighted by Gasteiger charge is 2.25. The number of hydrogen-bond acceptors (Lipinski definition) is 7. The molecule has 1 aromatic carbocycles. The molecule has 9 nitrogen and oxygen atoms in total. The predicted octanol–water partition coefficient (Wildman–Crippen LogP) is 4.67. The molecule has 0 aliphatic carbocycles. The van der Waals surface area contributed by atoms with E-state index in [1.54, 1.807) is 18.2 Å². The molecule has 0 unspecified atom stereocenters. The summed E-state index contributed by atoms with van der Waals surface area (Å²) in [5.74, 6) is 1.46. The minimum Gasteiger partial charge on any atom is -0.481 e. The number of methoxy groups -OCH3 is 1. The Morgan fingerprint density at radius 1 is 1.03 bits per heavy atom. The average molecular weight is 515 g/mol. The van der Waals surface area contributed by atoms with Gasteiger partial charge in [-0.1, -0.05) is 6.07 Å². The lowest BCUT2D eigenvalue weighted by atomic mass is 10.1. The highest BCUT2D eigenvalue weighted by molar-refractivity contribution is 5.83. The van der Waals surface area contributed by atoms with Gasteiger partial charge in [-0.05, 0) is 68.3 Å². The summed E-state index contributed by atoms with van der Waals surface area (Å²) in [6.45, 7) is 9.44. The number of aromatic nitrogens is 4. The Kier molecular flexibility index (Phi) is 7.28. The van der Waals surface area contributed by atoms with Gasteiger partial charge in [0.1, 0.15) is 11.4 Å². The van der Waals surface area contributed by atoms with Crippen LogP contribution in [0, 0.1) is 0 Å². The van der Waals surface area contributed by atoms with Crippen molar-refractivity contribution >= 4 is 17.1 Å². The van der Waals surface area contributed by atoms with Gasteiger partial charge >= 0.3 is 6.09 Å². The summed E-state index contributed by atoms with van der Waals surface area (Å²) in [7, 11) is 1.63. The third-order valence-electron chi connectivity index (χ3n) is 6.47. The van der Waals surface area contributed by atoms with E-state index < -0.39 is 5.60 Å². The maximum absolute atomic E-state index is 12.3. The van der Waals surface area contributed by atoms with E-state index in [4.69, 9.17) is 14.5 Å². The number of carbonyl (C=O) groups excluding carboxylic acids is 1. The van der Waals surface area contributed by atoms with Crippen molar-refractivity contribution in [2.24, 2.45) is 0 Å². The lowest BCUT2D eigenvalue weighted by Crippen LogP contribution is -2.49. The highest BCUT2D eigenvalue weighted by atomic mass is 16.6. The third kappa shape index (κ3) is 6.11. The van der Waals surface area contributed by atoms with Gasteiger partial charge in [0.2, 0.25) is 5.88 Å². The average Bonchev–Trinajstić information content (AvgIpc) is 3.29. The molecule has 1 N–H and O–H groups in total. The molecule has 0 atom stereocenters. The van der Waals surface area contributed by atoms with Crippen LogP contribution in [0.1, 0.15) is 37.9 Å². The van der Waals surface area contributed by atoms with Crippen molar-refractivity contribution in [3.8, 4) is 17.0 Å². The smallest absolute Gasteiger partial charge is 0.410 e. The maximum Gasteiger partial charge on any atom is 0.410 e. The van der Waals surface area contributed by atoms with E-state index in [-0.39, 0.29) is 6.09 Å². The second kappa shape index (κ2) is 10.8. The molecular formula is C29H34N6O3. The van der Waals surface area contributed by atoms with Crippen LogP contribution < -0.4 is 4.74 Å². The van der Waals surface area contributed by atoms with Crippen LogP contribution in [0.25, 0.3) is 22.2 Å². The monoisotopic (exact) mass is 514 g/mol. The number of rotatable bonds is 6. The van der Waals surface area contributed by atoms with Crippen molar-refractivity contribution < 1.29 is 14.3 Å². The van der Waals surface area contributed by atoms with Crippen LogP contribution in [0.15, 0.2) is 54.9 Å². The van der Waals surface area contributed by atoms with Crippen LogP contribution in [0.4, 0.5) is 4.79 Å². The van der Waals surface area contributed by atoms with Crippen molar-refractivity contribution in [2.45, 2.75) is 39.3 Å². The number of aromatic amines is 1. The molecule has 9 heteroatoms. The van der Waals surface area contributed by atoms with Gasteiger partial charge in [0, 0.05) is 62.8 Å². The molecule has 198 valence electrons. The zero-order chi connectivity index (χ0) is 26.7. The van der Waals surface area contributed by atoms with Gasteiger partial charge in [-0.15, -0.1) is 0 Å². The number of nitrogens with one attached hydrogen (secondary N) is 1. The number of piperazine rings is 1. The van der Waals surface area contributed by atoms with Crippen molar-refractivity contribution in [2.75, 3.05) is 33.3 Å². The molecule has 4 heterocycles. The van der Waals surface area contributed by atoms with E-state index in [0.29, 0.717) is 25.4 Å². The summed E-state index contributed by atoms with van der Waals surface area (Å²) in [5.41, 5.74) is 5.51. The number of fused-ring (bicyclic) bond motifs is 1. The topological polar surface area (TPSA) is 96.5 Å². The number of carbonyl (C=O) groups is 1. The fourth-order valence-electron chi connectivity index (χ4n) is 4.65. The summed E-state index contributed by atoms with van der Waals surface area (Å²) >= 11 is 0. The summed E-state index contributed by atoms with van der Waals surface area (Å²) in [4.78, 5) is 33.6. The molecule has 38 heavy (non-hydrogen) atoms. The number of imidazole rings is 1. The first-order chi connectivity index (χ1) is 18.3. The normalized spacial score (nSPS) is 14.6. The van der Waals surface area contributed by atoms with Crippen molar-refractivity contribution in [3.05, 3.63) is 71.9 Å². The predicted molar refractivity (Wildman–Crippen MR) is 146 cm³/mol. The molecule has 5 rings (SSSR count). The summed E-state index contributed by atoms with van der Waals surface area (Å²) in [6, 6.07) is 14.2. The van der Waals surface area contributed by atoms with Crippen LogP contribution in [0.5, 0.6) is 5.88 Å². The second-order valence-corrected chi connectivity index (χ2v) is 10.6. The van der Waals surface area contributed by atoms with Crippen LogP contribution in [0.3, 0.4) is 0 Å². The number of benzene rings is 1. The van der Waals surface area contributed by atoms with Crippen molar-refractivity contribution in [3.63, 3.8) is 0 Å². The molecular weight excluding hydrogens is 480 g/mol. The summed E-state index contributed by atoms with van der Waals surface area (Å²) < 4.78 is 10.9. The van der Waals surface area contributed by atoms with E-state index in [1.807, 2.05) is 51.2 Å². The Morgan fingerprint density at radius 3 is 2.61 bits per heavy atom. The Bertz CT molecular complexity index is 1420. The zero-order valence-corrected chi connectivity index (χ0v) is 22.4. The molecule has 4 aromatic rings. The minimum absolute atomic E-state index is 0.235. The molecule has 1 aliphatic rings. The fourth-order valence-corrected chi connectivity index (χ4v) is 4.65. The first-order valence-electron chi connectivity index (χ1n) is 12.9. The number of ether oxygens (including phenoxy) is 2. The number of pyridine rings is 2. The standard InChI is InChI=1S/C29H34N6O3/c1-29(2,3)38-28(36)35-14-12-34(13-15-35)19-20-9-11-30-22(16-20)18-26-32-24-8-7-21(17-25(24)33-26)23-6-5-10-31-27(23)37-4/h5-11,16-17H,12-15,18-19H2,1-4H3,(H,32,33). The minimum atomic E-state index is -0.475. The second-order valence-electron chi connectivity index (χ2n) is 10.6. The molecule has 1 fully saturated rings. The Balaban J connectivity index is 1.22. The molecule has 0 radical (unpaired) electrons. The molecule has 1 aliphatic heterocycles. The number of nitrogens with zero attached hydrogens (tertiary/aromatic N) is 5. The SMILES string of the molecule is COc1ncccc1-c1ccc2nc(Cc3cc(CN4CCN(C(=O)OC(C)(C)C)CC4)ccn3)[nH]c2c1. The Labute approximate surface area is 222 Å². The van der Waals surface area contributed by atoms with Crippen LogP contribution in [-0.2, 0) is 17.7 Å². The fraction of sp³-hybridized carbons (Fsp3) is 0.379. The van der Waals surface area contributed by atoms with Crippen LogP contribution in [0.2, 0.25) is 0 Å². The quantitative estimate of drug-likeness (QED) is 0.399. The van der Waals surface area contributed by atoms with Gasteiger partial charge < -0.3 is 19.4 Å². The van der Waals surface area contributed by atoms with Crippen LogP contribution >= 0.6 is 0 Å². The van der Waals surface area contributed by atoms with Gasteiger partial charge in [0.25, 0.3) is 0 Å². The third-order valence-corrected chi connectivity index (χ3v) is 6.47. The Hall–Kier alpha value is -3.98. The van der Waals surface area contributed by atoms with Gasteiger partial charge in [0.05, 0.1) is 18.1 Å². The first kappa shape index (κ1) is 25.7. The van der Waals surface area contributed by atoms with Gasteiger partial charge in [-0.25, -0.2) is 14.8 Å². The summed E-state index contributed by atoms with van der Waals surface area (Å²) in [5, 5.41) is 0. The number of amides is 1. The van der Waals surface area contributed by atoms with E-state index in [2.05, 4.69) is 38.1 Å². The largest absolute Gasteiger partial charge is 0.481 e. The number of hydrogen-bond donors (Lipinski definition) is 1. The Morgan fingerprint density at radius 2 is 1.84 bits per heavy atom. The van der Waals surface area contributed by atoms with E-state index in [9.17, 15) is 4.79 Å². The first-order valence-corrected chi connectivity index (χ1v) is 12.9. The summed E-state index contributed by atoms with van der Waals surface area (Å²) in [6.07, 6.45) is 3.96. The van der Waals surface area contributed by atoms with E-state index in [0.717, 1.165) is 53.3 Å². The van der Waals surface area contributed by atoms with E-state index in [1.165, 1.54) is 5.56 Å². The van der Waals surface area contributed by atoms with Gasteiger partial charge in [-0.2, -0.15) is 0 Å². The molecule has 3 aromatic heterocycles. The molecule has 1 amide bonds. The lowest BCUT2D eigenvalue weighted by Gasteiger charge is -2.35. The number of H-pyrrole nitrogens is 1. The molecule has 0 spiro atoms. The lowest BCUT2D eigenvalue weighted by molar-refractivity contribution is 0.0139. The van der Waals surface area contributed by atoms with Crippen molar-refractivity contribution in [1.29, 1.82) is 0 Å².